The first-order valence-corrected chi connectivity index (χ1v) is 7.28. The molecule has 2 heterocycles. The van der Waals surface area contributed by atoms with Crippen LogP contribution in [0.2, 0.25) is 0 Å². The molecule has 0 aromatic carbocycles. The van der Waals surface area contributed by atoms with Crippen LogP contribution in [-0.4, -0.2) is 60.6 Å². The van der Waals surface area contributed by atoms with Crippen molar-refractivity contribution in [1.82, 2.24) is 14.9 Å². The summed E-state index contributed by atoms with van der Waals surface area (Å²) in [6.45, 7) is 7.64. The van der Waals surface area contributed by atoms with Gasteiger partial charge in [-0.15, -0.1) is 0 Å². The summed E-state index contributed by atoms with van der Waals surface area (Å²) in [5.74, 6) is 2.47. The molecule has 1 aliphatic rings. The summed E-state index contributed by atoms with van der Waals surface area (Å²) in [4.78, 5) is 24.4. The van der Waals surface area contributed by atoms with Gasteiger partial charge >= 0.3 is 0 Å². The van der Waals surface area contributed by atoms with Crippen LogP contribution in [0.3, 0.4) is 0 Å². The monoisotopic (exact) mass is 293 g/mol. The van der Waals surface area contributed by atoms with Crippen LogP contribution in [-0.2, 0) is 16.1 Å². The van der Waals surface area contributed by atoms with Crippen LogP contribution in [0.5, 0.6) is 0 Å². The van der Waals surface area contributed by atoms with Crippen LogP contribution in [0.4, 0.5) is 11.6 Å². The number of hydrogen-bond acceptors (Lipinski definition) is 6. The summed E-state index contributed by atoms with van der Waals surface area (Å²) < 4.78 is 5.39. The van der Waals surface area contributed by atoms with E-state index in [0.717, 1.165) is 37.8 Å². The lowest BCUT2D eigenvalue weighted by molar-refractivity contribution is -0.129. The van der Waals surface area contributed by atoms with Crippen molar-refractivity contribution in [2.75, 3.05) is 50.1 Å². The van der Waals surface area contributed by atoms with Crippen molar-refractivity contribution in [3.05, 3.63) is 11.9 Å². The van der Waals surface area contributed by atoms with Crippen molar-refractivity contribution < 1.29 is 9.53 Å². The first kappa shape index (κ1) is 15.5. The molecule has 0 saturated carbocycles. The second-order valence-electron chi connectivity index (χ2n) is 4.91. The van der Waals surface area contributed by atoms with Gasteiger partial charge in [-0.2, -0.15) is 0 Å². The number of nitrogens with zero attached hydrogens (tertiary/aromatic N) is 4. The predicted octanol–water partition coefficient (Wildman–Crippen LogP) is 0.723. The van der Waals surface area contributed by atoms with E-state index >= 15 is 0 Å². The van der Waals surface area contributed by atoms with E-state index in [1.165, 1.54) is 0 Å². The Bertz CT molecular complexity index is 486. The number of aromatic nitrogens is 2. The largest absolute Gasteiger partial charge is 0.374 e. The minimum Gasteiger partial charge on any atom is -0.374 e. The number of hydrogen-bond donors (Lipinski definition) is 1. The molecule has 1 aromatic rings. The summed E-state index contributed by atoms with van der Waals surface area (Å²) in [7, 11) is 1.84. The maximum Gasteiger partial charge on any atom is 0.219 e. The number of ether oxygens (including phenoxy) is 1. The fraction of sp³-hybridized carbons (Fsp3) is 0.643. The molecule has 0 aliphatic carbocycles. The zero-order valence-electron chi connectivity index (χ0n) is 12.9. The number of carbonyl (C=O) groups excluding carboxylic acids is 1. The summed E-state index contributed by atoms with van der Waals surface area (Å²) in [6, 6.07) is 1.93. The van der Waals surface area contributed by atoms with Gasteiger partial charge in [0.05, 0.1) is 0 Å². The molecule has 1 aliphatic heterocycles. The lowest BCUT2D eigenvalue weighted by Gasteiger charge is -2.35. The van der Waals surface area contributed by atoms with Gasteiger partial charge < -0.3 is 19.9 Å². The molecule has 1 aromatic heterocycles. The molecule has 1 saturated heterocycles. The standard InChI is InChI=1S/C14H23N5O2/c1-4-21-10-13-16-12(15-3)9-14(17-13)19-7-5-18(6-8-19)11(2)20/h9H,4-8,10H2,1-3H3,(H,15,16,17). The van der Waals surface area contributed by atoms with E-state index in [4.69, 9.17) is 4.74 Å². The highest BCUT2D eigenvalue weighted by molar-refractivity contribution is 5.73. The van der Waals surface area contributed by atoms with Gasteiger partial charge in [-0.1, -0.05) is 0 Å². The van der Waals surface area contributed by atoms with E-state index in [0.29, 0.717) is 19.0 Å². The summed E-state index contributed by atoms with van der Waals surface area (Å²) >= 11 is 0. The zero-order chi connectivity index (χ0) is 15.2. The van der Waals surface area contributed by atoms with Crippen molar-refractivity contribution in [2.24, 2.45) is 0 Å². The molecule has 0 bridgehead atoms. The zero-order valence-corrected chi connectivity index (χ0v) is 12.9. The van der Waals surface area contributed by atoms with Gasteiger partial charge in [0.1, 0.15) is 18.2 Å². The predicted molar refractivity (Wildman–Crippen MR) is 81.4 cm³/mol. The van der Waals surface area contributed by atoms with E-state index in [1.807, 2.05) is 24.9 Å². The van der Waals surface area contributed by atoms with Crippen LogP contribution in [0, 0.1) is 0 Å². The number of amides is 1. The van der Waals surface area contributed by atoms with Crippen molar-refractivity contribution in [3.63, 3.8) is 0 Å². The van der Waals surface area contributed by atoms with Gasteiger partial charge in [0.15, 0.2) is 5.82 Å². The van der Waals surface area contributed by atoms with Crippen LogP contribution in [0.15, 0.2) is 6.07 Å². The minimum absolute atomic E-state index is 0.130. The highest BCUT2D eigenvalue weighted by atomic mass is 16.5. The van der Waals surface area contributed by atoms with Gasteiger partial charge in [-0.25, -0.2) is 9.97 Å². The van der Waals surface area contributed by atoms with Crippen LogP contribution < -0.4 is 10.2 Å². The molecule has 1 N–H and O–H groups in total. The Balaban J connectivity index is 2.10. The number of carbonyl (C=O) groups is 1. The molecule has 1 amide bonds. The molecular weight excluding hydrogens is 270 g/mol. The molecule has 21 heavy (non-hydrogen) atoms. The maximum atomic E-state index is 11.4. The first-order valence-electron chi connectivity index (χ1n) is 7.28. The third-order valence-electron chi connectivity index (χ3n) is 3.50. The van der Waals surface area contributed by atoms with E-state index in [2.05, 4.69) is 20.2 Å². The lowest BCUT2D eigenvalue weighted by Crippen LogP contribution is -2.48. The molecule has 1 fully saturated rings. The fourth-order valence-electron chi connectivity index (χ4n) is 2.28. The molecule has 0 radical (unpaired) electrons. The molecular formula is C14H23N5O2. The molecule has 0 spiro atoms. The molecule has 116 valence electrons. The molecule has 2 rings (SSSR count). The first-order chi connectivity index (χ1) is 10.1. The van der Waals surface area contributed by atoms with Gasteiger partial charge in [0.25, 0.3) is 0 Å². The van der Waals surface area contributed by atoms with Crippen molar-refractivity contribution in [3.8, 4) is 0 Å². The smallest absolute Gasteiger partial charge is 0.219 e. The van der Waals surface area contributed by atoms with Gasteiger partial charge in [-0.05, 0) is 6.92 Å². The number of nitrogens with one attached hydrogen (secondary N) is 1. The van der Waals surface area contributed by atoms with Crippen molar-refractivity contribution in [1.29, 1.82) is 0 Å². The second kappa shape index (κ2) is 7.21. The quantitative estimate of drug-likeness (QED) is 0.863. The van der Waals surface area contributed by atoms with Gasteiger partial charge in [0, 0.05) is 52.8 Å². The van der Waals surface area contributed by atoms with E-state index in [1.54, 1.807) is 6.92 Å². The number of anilines is 2. The highest BCUT2D eigenvalue weighted by Gasteiger charge is 2.20. The van der Waals surface area contributed by atoms with Crippen molar-refractivity contribution >= 4 is 17.5 Å². The third-order valence-corrected chi connectivity index (χ3v) is 3.50. The van der Waals surface area contributed by atoms with Gasteiger partial charge in [0.2, 0.25) is 5.91 Å². The molecule has 7 nitrogen and oxygen atoms in total. The Morgan fingerprint density at radius 2 is 2.05 bits per heavy atom. The van der Waals surface area contributed by atoms with Gasteiger partial charge in [-0.3, -0.25) is 4.79 Å². The Kier molecular flexibility index (Phi) is 5.32. The Morgan fingerprint density at radius 1 is 1.33 bits per heavy atom. The Hall–Kier alpha value is -1.89. The second-order valence-corrected chi connectivity index (χ2v) is 4.91. The number of rotatable bonds is 5. The van der Waals surface area contributed by atoms with Crippen LogP contribution in [0.1, 0.15) is 19.7 Å². The summed E-state index contributed by atoms with van der Waals surface area (Å²) in [5, 5.41) is 3.05. The maximum absolute atomic E-state index is 11.4. The Morgan fingerprint density at radius 3 is 2.62 bits per heavy atom. The average Bonchev–Trinajstić information content (AvgIpc) is 2.52. The summed E-state index contributed by atoms with van der Waals surface area (Å²) in [5.41, 5.74) is 0. The Labute approximate surface area is 125 Å². The van der Waals surface area contributed by atoms with Crippen LogP contribution in [0.25, 0.3) is 0 Å². The SMILES string of the molecule is CCOCc1nc(NC)cc(N2CCN(C(C)=O)CC2)n1. The van der Waals surface area contributed by atoms with Crippen LogP contribution >= 0.6 is 0 Å². The minimum atomic E-state index is 0.130. The topological polar surface area (TPSA) is 70.6 Å². The molecule has 0 atom stereocenters. The van der Waals surface area contributed by atoms with Crippen molar-refractivity contribution in [2.45, 2.75) is 20.5 Å². The lowest BCUT2D eigenvalue weighted by atomic mass is 10.3. The van der Waals surface area contributed by atoms with E-state index in [9.17, 15) is 4.79 Å². The highest BCUT2D eigenvalue weighted by Crippen LogP contribution is 2.18. The normalized spacial score (nSPS) is 15.2. The third kappa shape index (κ3) is 4.04. The van der Waals surface area contributed by atoms with E-state index in [-0.39, 0.29) is 5.91 Å². The molecule has 7 heteroatoms. The number of piperazine rings is 1. The molecule has 0 unspecified atom stereocenters. The fourth-order valence-corrected chi connectivity index (χ4v) is 2.28. The average molecular weight is 293 g/mol. The summed E-state index contributed by atoms with van der Waals surface area (Å²) in [6.07, 6.45) is 0. The van der Waals surface area contributed by atoms with E-state index < -0.39 is 0 Å².